The molecule has 1 aromatic heterocycles. The lowest BCUT2D eigenvalue weighted by Gasteiger charge is -2.15. The largest absolute Gasteiger partial charge is 0.480 e. The fraction of sp³-hybridized carbons (Fsp3) is 0.0870. The van der Waals surface area contributed by atoms with Crippen molar-refractivity contribution in [3.8, 4) is 0 Å². The molecule has 2 aliphatic rings. The Morgan fingerprint density at radius 3 is 2.48 bits per heavy atom. The van der Waals surface area contributed by atoms with Gasteiger partial charge in [-0.2, -0.15) is 4.99 Å². The molecule has 33 heavy (non-hydrogen) atoms. The monoisotopic (exact) mass is 476 g/mol. The molecule has 0 radical (unpaired) electrons. The molecule has 0 aliphatic carbocycles. The van der Waals surface area contributed by atoms with Gasteiger partial charge in [-0.05, 0) is 36.9 Å². The lowest BCUT2D eigenvalue weighted by molar-refractivity contribution is -0.136. The number of carboxylic acids is 1. The van der Waals surface area contributed by atoms with E-state index in [0.29, 0.717) is 27.2 Å². The number of carboxylic acid groups (broad SMARTS) is 1. The SMILES string of the molecule is Cc1csc(/N=C2/S/C(=C3\C(=O)N(CC(=O)O)c4ccccc43)C(=O)N2c2ccccc2)n1. The first-order chi connectivity index (χ1) is 15.9. The van der Waals surface area contributed by atoms with Gasteiger partial charge < -0.3 is 5.11 Å². The molecule has 0 bridgehead atoms. The van der Waals surface area contributed by atoms with Gasteiger partial charge >= 0.3 is 5.97 Å². The van der Waals surface area contributed by atoms with Crippen molar-refractivity contribution in [3.05, 3.63) is 76.1 Å². The topological polar surface area (TPSA) is 103 Å². The molecule has 2 aliphatic heterocycles. The average molecular weight is 477 g/mol. The van der Waals surface area contributed by atoms with Crippen LogP contribution in [0.2, 0.25) is 0 Å². The number of carbonyl (C=O) groups is 3. The number of para-hydroxylation sites is 2. The van der Waals surface area contributed by atoms with Gasteiger partial charge in [-0.1, -0.05) is 36.4 Å². The third-order valence-electron chi connectivity index (χ3n) is 5.04. The number of aliphatic imine (C=N–C) groups is 1. The third-order valence-corrected chi connectivity index (χ3v) is 6.93. The normalized spacial score (nSPS) is 19.0. The Labute approximate surface area is 196 Å². The molecule has 1 fully saturated rings. The van der Waals surface area contributed by atoms with Crippen LogP contribution >= 0.6 is 23.1 Å². The highest BCUT2D eigenvalue weighted by Crippen LogP contribution is 2.46. The van der Waals surface area contributed by atoms with Crippen molar-refractivity contribution in [3.63, 3.8) is 0 Å². The predicted molar refractivity (Wildman–Crippen MR) is 129 cm³/mol. The summed E-state index contributed by atoms with van der Waals surface area (Å²) in [5.74, 6) is -2.05. The Hall–Kier alpha value is -3.76. The average Bonchev–Trinajstić information content (AvgIpc) is 3.43. The molecule has 3 heterocycles. The maximum Gasteiger partial charge on any atom is 0.323 e. The number of nitrogens with zero attached hydrogens (tertiary/aromatic N) is 4. The summed E-state index contributed by atoms with van der Waals surface area (Å²) in [7, 11) is 0. The molecule has 5 rings (SSSR count). The van der Waals surface area contributed by atoms with Gasteiger partial charge in [-0.3, -0.25) is 24.2 Å². The molecule has 1 N–H and O–H groups in total. The molecule has 164 valence electrons. The predicted octanol–water partition coefficient (Wildman–Crippen LogP) is 4.06. The van der Waals surface area contributed by atoms with E-state index in [-0.39, 0.29) is 10.5 Å². The summed E-state index contributed by atoms with van der Waals surface area (Å²) in [6.45, 7) is 1.37. The second-order valence-corrected chi connectivity index (χ2v) is 9.06. The van der Waals surface area contributed by atoms with E-state index in [2.05, 4.69) is 9.98 Å². The van der Waals surface area contributed by atoms with E-state index in [1.807, 2.05) is 30.5 Å². The number of fused-ring (bicyclic) bond motifs is 1. The van der Waals surface area contributed by atoms with Crippen LogP contribution in [0.3, 0.4) is 0 Å². The van der Waals surface area contributed by atoms with Crippen LogP contribution in [0.4, 0.5) is 16.5 Å². The van der Waals surface area contributed by atoms with Crippen molar-refractivity contribution < 1.29 is 19.5 Å². The Kier molecular flexibility index (Phi) is 5.31. The number of hydrogen-bond donors (Lipinski definition) is 1. The maximum atomic E-state index is 13.6. The van der Waals surface area contributed by atoms with Crippen molar-refractivity contribution >= 4 is 68.1 Å². The van der Waals surface area contributed by atoms with Crippen LogP contribution in [-0.2, 0) is 14.4 Å². The zero-order valence-corrected chi connectivity index (χ0v) is 18.9. The van der Waals surface area contributed by atoms with E-state index in [9.17, 15) is 19.5 Å². The van der Waals surface area contributed by atoms with Crippen molar-refractivity contribution in [2.75, 3.05) is 16.3 Å². The quantitative estimate of drug-likeness (QED) is 0.570. The zero-order valence-electron chi connectivity index (χ0n) is 17.3. The highest BCUT2D eigenvalue weighted by atomic mass is 32.2. The second-order valence-electron chi connectivity index (χ2n) is 7.25. The number of amides is 2. The van der Waals surface area contributed by atoms with Gasteiger partial charge in [-0.15, -0.1) is 11.3 Å². The summed E-state index contributed by atoms with van der Waals surface area (Å²) in [6, 6.07) is 15.9. The first-order valence-corrected chi connectivity index (χ1v) is 11.6. The standard InChI is InChI=1S/C23H16N4O4S2/c1-13-12-32-22(24-13)25-23-27(14-7-3-2-4-8-14)21(31)19(33-23)18-15-9-5-6-10-16(15)26(20(18)30)11-17(28)29/h2-10,12H,11H2,1H3,(H,28,29)/b19-18-,25-23+. The fourth-order valence-corrected chi connectivity index (χ4v) is 5.47. The van der Waals surface area contributed by atoms with Crippen molar-refractivity contribution in [1.82, 2.24) is 4.98 Å². The number of rotatable bonds is 4. The first-order valence-electron chi connectivity index (χ1n) is 9.89. The van der Waals surface area contributed by atoms with Crippen LogP contribution in [-0.4, -0.2) is 39.6 Å². The Morgan fingerprint density at radius 2 is 1.79 bits per heavy atom. The highest BCUT2D eigenvalue weighted by Gasteiger charge is 2.43. The Balaban J connectivity index is 1.67. The molecular formula is C23H16N4O4S2. The number of anilines is 2. The fourth-order valence-electron chi connectivity index (χ4n) is 3.67. The molecule has 2 amide bonds. The summed E-state index contributed by atoms with van der Waals surface area (Å²) < 4.78 is 0. The van der Waals surface area contributed by atoms with Crippen molar-refractivity contribution in [1.29, 1.82) is 0 Å². The van der Waals surface area contributed by atoms with E-state index in [0.717, 1.165) is 17.5 Å². The number of hydrogen-bond acceptors (Lipinski definition) is 7. The number of thiazole rings is 1. The van der Waals surface area contributed by atoms with Crippen LogP contribution in [0.5, 0.6) is 0 Å². The minimum Gasteiger partial charge on any atom is -0.480 e. The van der Waals surface area contributed by atoms with E-state index in [1.54, 1.807) is 36.4 Å². The molecule has 10 heteroatoms. The lowest BCUT2D eigenvalue weighted by Crippen LogP contribution is -2.33. The minimum absolute atomic E-state index is 0.184. The number of aryl methyl sites for hydroxylation is 1. The molecule has 1 saturated heterocycles. The molecule has 2 aromatic carbocycles. The summed E-state index contributed by atoms with van der Waals surface area (Å²) >= 11 is 2.45. The molecule has 0 unspecified atom stereocenters. The number of benzene rings is 2. The summed E-state index contributed by atoms with van der Waals surface area (Å²) in [5, 5.41) is 12.1. The summed E-state index contributed by atoms with van der Waals surface area (Å²) in [4.78, 5) is 50.1. The van der Waals surface area contributed by atoms with E-state index < -0.39 is 24.3 Å². The molecular weight excluding hydrogens is 460 g/mol. The Morgan fingerprint density at radius 1 is 1.06 bits per heavy atom. The van der Waals surface area contributed by atoms with Gasteiger partial charge in [0.05, 0.1) is 27.5 Å². The van der Waals surface area contributed by atoms with E-state index in [4.69, 9.17) is 0 Å². The number of aromatic nitrogens is 1. The molecule has 0 atom stereocenters. The van der Waals surface area contributed by atoms with E-state index >= 15 is 0 Å². The van der Waals surface area contributed by atoms with Gasteiger partial charge in [-0.25, -0.2) is 4.98 Å². The molecule has 0 saturated carbocycles. The number of aliphatic carboxylic acids is 1. The minimum atomic E-state index is -1.14. The zero-order chi connectivity index (χ0) is 23.1. The van der Waals surface area contributed by atoms with Crippen molar-refractivity contribution in [2.45, 2.75) is 6.92 Å². The first kappa shape index (κ1) is 21.1. The van der Waals surface area contributed by atoms with Crippen LogP contribution in [0.1, 0.15) is 11.3 Å². The van der Waals surface area contributed by atoms with Gasteiger partial charge in [0.25, 0.3) is 11.8 Å². The van der Waals surface area contributed by atoms with E-state index in [1.165, 1.54) is 21.1 Å². The summed E-state index contributed by atoms with van der Waals surface area (Å²) in [5.41, 5.74) is 2.61. The third kappa shape index (κ3) is 3.73. The van der Waals surface area contributed by atoms with Crippen LogP contribution in [0, 0.1) is 6.92 Å². The van der Waals surface area contributed by atoms with Crippen LogP contribution < -0.4 is 9.80 Å². The van der Waals surface area contributed by atoms with Gasteiger partial charge in [0.15, 0.2) is 5.17 Å². The molecule has 0 spiro atoms. The maximum absolute atomic E-state index is 13.6. The van der Waals surface area contributed by atoms with Gasteiger partial charge in [0.1, 0.15) is 6.54 Å². The van der Waals surface area contributed by atoms with Crippen molar-refractivity contribution in [2.24, 2.45) is 4.99 Å². The second kappa shape index (κ2) is 8.30. The number of carbonyl (C=O) groups excluding carboxylic acids is 2. The van der Waals surface area contributed by atoms with Gasteiger partial charge in [0.2, 0.25) is 5.13 Å². The molecule has 3 aromatic rings. The van der Waals surface area contributed by atoms with Gasteiger partial charge in [0, 0.05) is 10.9 Å². The highest BCUT2D eigenvalue weighted by molar-refractivity contribution is 8.19. The lowest BCUT2D eigenvalue weighted by atomic mass is 10.1. The number of amidine groups is 1. The summed E-state index contributed by atoms with van der Waals surface area (Å²) in [6.07, 6.45) is 0. The Bertz CT molecular complexity index is 1360. The van der Waals surface area contributed by atoms with Crippen LogP contribution in [0.15, 0.2) is 69.9 Å². The van der Waals surface area contributed by atoms with Crippen LogP contribution in [0.25, 0.3) is 5.57 Å². The smallest absolute Gasteiger partial charge is 0.323 e. The number of thioether (sulfide) groups is 1. The molecule has 8 nitrogen and oxygen atoms in total.